The summed E-state index contributed by atoms with van der Waals surface area (Å²) >= 11 is 6.10. The molecular formula is C26H19ClN4. The van der Waals surface area contributed by atoms with Gasteiger partial charge in [-0.05, 0) is 36.8 Å². The van der Waals surface area contributed by atoms with Crippen LogP contribution in [0.3, 0.4) is 0 Å². The Bertz CT molecular complexity index is 1410. The third-order valence-corrected chi connectivity index (χ3v) is 5.93. The molecule has 0 spiro atoms. The Morgan fingerprint density at radius 3 is 2.55 bits per heavy atom. The molecule has 0 aliphatic heterocycles. The summed E-state index contributed by atoms with van der Waals surface area (Å²) in [4.78, 5) is 8.15. The maximum absolute atomic E-state index is 9.26. The van der Waals surface area contributed by atoms with Crippen molar-refractivity contribution in [3.8, 4) is 28.6 Å². The second-order valence-corrected chi connectivity index (χ2v) is 7.95. The van der Waals surface area contributed by atoms with Gasteiger partial charge in [-0.3, -0.25) is 0 Å². The number of imidazole rings is 1. The molecule has 4 nitrogen and oxygen atoms in total. The fourth-order valence-corrected chi connectivity index (χ4v) is 4.15. The minimum atomic E-state index is 0.0561. The highest BCUT2D eigenvalue weighted by molar-refractivity contribution is 6.30. The van der Waals surface area contributed by atoms with Crippen LogP contribution in [0.2, 0.25) is 5.02 Å². The molecule has 1 N–H and O–H groups in total. The molecule has 0 amide bonds. The second-order valence-electron chi connectivity index (χ2n) is 7.52. The summed E-state index contributed by atoms with van der Waals surface area (Å²) in [5.74, 6) is 0. The van der Waals surface area contributed by atoms with E-state index < -0.39 is 0 Å². The van der Waals surface area contributed by atoms with E-state index in [9.17, 15) is 5.26 Å². The molecule has 0 aliphatic carbocycles. The number of aromatic nitrogens is 3. The van der Waals surface area contributed by atoms with Crippen molar-refractivity contribution in [1.29, 1.82) is 5.26 Å². The first-order valence-electron chi connectivity index (χ1n) is 10.0. The van der Waals surface area contributed by atoms with Gasteiger partial charge in [-0.25, -0.2) is 4.98 Å². The third kappa shape index (κ3) is 3.39. The SMILES string of the molecule is C[C@@H](c1ccc(Cl)cc1)n1cnc(-c2ccccc2)c1-c1c[nH]c2cc(C#N)ccc12. The van der Waals surface area contributed by atoms with Crippen molar-refractivity contribution in [3.63, 3.8) is 0 Å². The number of hydrogen-bond donors (Lipinski definition) is 1. The van der Waals surface area contributed by atoms with Gasteiger partial charge in [0.05, 0.1) is 35.4 Å². The lowest BCUT2D eigenvalue weighted by Gasteiger charge is -2.18. The smallest absolute Gasteiger partial charge is 0.0992 e. The molecule has 0 saturated carbocycles. The largest absolute Gasteiger partial charge is 0.360 e. The van der Waals surface area contributed by atoms with Gasteiger partial charge in [-0.2, -0.15) is 5.26 Å². The molecule has 5 heteroatoms. The predicted molar refractivity (Wildman–Crippen MR) is 125 cm³/mol. The molecule has 0 unspecified atom stereocenters. The van der Waals surface area contributed by atoms with Crippen LogP contribution < -0.4 is 0 Å². The van der Waals surface area contributed by atoms with Crippen LogP contribution in [0.1, 0.15) is 24.1 Å². The highest BCUT2D eigenvalue weighted by atomic mass is 35.5. The molecule has 2 heterocycles. The van der Waals surface area contributed by atoms with Gasteiger partial charge >= 0.3 is 0 Å². The monoisotopic (exact) mass is 422 g/mol. The summed E-state index contributed by atoms with van der Waals surface area (Å²) in [6.07, 6.45) is 3.90. The van der Waals surface area contributed by atoms with Crippen molar-refractivity contribution in [1.82, 2.24) is 14.5 Å². The van der Waals surface area contributed by atoms with Crippen LogP contribution in [0.15, 0.2) is 85.3 Å². The predicted octanol–water partition coefficient (Wildman–Crippen LogP) is 6.83. The molecule has 2 aromatic heterocycles. The Morgan fingerprint density at radius 2 is 1.81 bits per heavy atom. The number of nitrogens with zero attached hydrogens (tertiary/aromatic N) is 3. The van der Waals surface area contributed by atoms with Crippen LogP contribution in [0.4, 0.5) is 0 Å². The molecular weight excluding hydrogens is 404 g/mol. The lowest BCUT2D eigenvalue weighted by Crippen LogP contribution is -2.07. The summed E-state index contributed by atoms with van der Waals surface area (Å²) in [7, 11) is 0. The topological polar surface area (TPSA) is 57.4 Å². The van der Waals surface area contributed by atoms with Gasteiger partial charge in [0, 0.05) is 33.2 Å². The lowest BCUT2D eigenvalue weighted by atomic mass is 10.0. The first-order chi connectivity index (χ1) is 15.2. The fourth-order valence-electron chi connectivity index (χ4n) is 4.02. The third-order valence-electron chi connectivity index (χ3n) is 5.68. The van der Waals surface area contributed by atoms with Crippen LogP contribution in [-0.4, -0.2) is 14.5 Å². The van der Waals surface area contributed by atoms with Gasteiger partial charge in [0.1, 0.15) is 0 Å². The molecule has 5 rings (SSSR count). The highest BCUT2D eigenvalue weighted by Gasteiger charge is 2.21. The number of halogens is 1. The van der Waals surface area contributed by atoms with E-state index in [1.807, 2.05) is 73.2 Å². The minimum absolute atomic E-state index is 0.0561. The molecule has 3 aromatic carbocycles. The summed E-state index contributed by atoms with van der Waals surface area (Å²) in [5.41, 5.74) is 6.77. The number of rotatable bonds is 4. The van der Waals surface area contributed by atoms with E-state index in [0.717, 1.165) is 44.0 Å². The van der Waals surface area contributed by atoms with Crippen molar-refractivity contribution in [2.24, 2.45) is 0 Å². The minimum Gasteiger partial charge on any atom is -0.360 e. The quantitative estimate of drug-likeness (QED) is 0.345. The lowest BCUT2D eigenvalue weighted by molar-refractivity contribution is 0.645. The number of nitrogens with one attached hydrogen (secondary N) is 1. The normalized spacial score (nSPS) is 12.0. The van der Waals surface area contributed by atoms with E-state index >= 15 is 0 Å². The van der Waals surface area contributed by atoms with Crippen molar-refractivity contribution < 1.29 is 0 Å². The average Bonchev–Trinajstić information content (AvgIpc) is 3.43. The molecule has 0 saturated heterocycles. The van der Waals surface area contributed by atoms with E-state index in [0.29, 0.717) is 5.56 Å². The van der Waals surface area contributed by atoms with E-state index in [1.165, 1.54) is 0 Å². The van der Waals surface area contributed by atoms with Crippen LogP contribution in [0.5, 0.6) is 0 Å². The zero-order chi connectivity index (χ0) is 21.4. The number of hydrogen-bond acceptors (Lipinski definition) is 2. The van der Waals surface area contributed by atoms with Crippen molar-refractivity contribution in [3.05, 3.63) is 101 Å². The van der Waals surface area contributed by atoms with Gasteiger partial charge in [0.2, 0.25) is 0 Å². The number of H-pyrrole nitrogens is 1. The highest BCUT2D eigenvalue weighted by Crippen LogP contribution is 2.38. The van der Waals surface area contributed by atoms with E-state index in [1.54, 1.807) is 0 Å². The van der Waals surface area contributed by atoms with Gasteiger partial charge in [0.15, 0.2) is 0 Å². The zero-order valence-electron chi connectivity index (χ0n) is 16.9. The molecule has 31 heavy (non-hydrogen) atoms. The molecule has 150 valence electrons. The maximum Gasteiger partial charge on any atom is 0.0992 e. The number of fused-ring (bicyclic) bond motifs is 1. The van der Waals surface area contributed by atoms with Crippen LogP contribution in [-0.2, 0) is 0 Å². The second kappa shape index (κ2) is 7.79. The molecule has 5 aromatic rings. The van der Waals surface area contributed by atoms with E-state index in [-0.39, 0.29) is 6.04 Å². The summed E-state index contributed by atoms with van der Waals surface area (Å²) in [5, 5.41) is 11.0. The van der Waals surface area contributed by atoms with Gasteiger partial charge < -0.3 is 9.55 Å². The summed E-state index contributed by atoms with van der Waals surface area (Å²) in [6, 6.07) is 26.1. The Morgan fingerprint density at radius 1 is 1.03 bits per heavy atom. The van der Waals surface area contributed by atoms with Crippen molar-refractivity contribution in [2.75, 3.05) is 0 Å². The van der Waals surface area contributed by atoms with Crippen LogP contribution >= 0.6 is 11.6 Å². The van der Waals surface area contributed by atoms with E-state index in [2.05, 4.69) is 34.7 Å². The molecule has 0 bridgehead atoms. The van der Waals surface area contributed by atoms with Gasteiger partial charge in [-0.15, -0.1) is 0 Å². The first-order valence-corrected chi connectivity index (χ1v) is 10.4. The van der Waals surface area contributed by atoms with Crippen molar-refractivity contribution in [2.45, 2.75) is 13.0 Å². The first kappa shape index (κ1) is 19.2. The van der Waals surface area contributed by atoms with Gasteiger partial charge in [-0.1, -0.05) is 60.1 Å². The zero-order valence-corrected chi connectivity index (χ0v) is 17.6. The van der Waals surface area contributed by atoms with Crippen LogP contribution in [0, 0.1) is 11.3 Å². The molecule has 1 atom stereocenters. The standard InChI is InChI=1S/C26H19ClN4/c1-17(19-8-10-21(27)11-9-19)31-16-30-25(20-5-3-2-4-6-20)26(31)23-15-29-24-13-18(14-28)7-12-22(23)24/h2-13,15-17,29H,1H3/t17-/m0/s1. The molecule has 0 aliphatic rings. The maximum atomic E-state index is 9.26. The Hall–Kier alpha value is -3.81. The number of benzene rings is 3. The Labute approximate surface area is 185 Å². The number of nitriles is 1. The van der Waals surface area contributed by atoms with Crippen LogP contribution in [0.25, 0.3) is 33.4 Å². The van der Waals surface area contributed by atoms with E-state index in [4.69, 9.17) is 16.6 Å². The molecule has 0 radical (unpaired) electrons. The summed E-state index contributed by atoms with van der Waals surface area (Å²) in [6.45, 7) is 2.16. The van der Waals surface area contributed by atoms with Gasteiger partial charge in [0.25, 0.3) is 0 Å². The Balaban J connectivity index is 1.74. The number of aromatic amines is 1. The molecule has 0 fully saturated rings. The summed E-state index contributed by atoms with van der Waals surface area (Å²) < 4.78 is 2.20. The van der Waals surface area contributed by atoms with Crippen molar-refractivity contribution >= 4 is 22.5 Å². The Kier molecular flexibility index (Phi) is 4.82. The fraction of sp³-hybridized carbons (Fsp3) is 0.0769. The average molecular weight is 423 g/mol.